The van der Waals surface area contributed by atoms with E-state index in [4.69, 9.17) is 0 Å². The quantitative estimate of drug-likeness (QED) is 0.792. The van der Waals surface area contributed by atoms with Crippen LogP contribution < -0.4 is 10.0 Å². The van der Waals surface area contributed by atoms with Crippen molar-refractivity contribution in [2.45, 2.75) is 4.90 Å². The monoisotopic (exact) mass is 420 g/mol. The number of hydrogen-bond acceptors (Lipinski definition) is 5. The first-order valence-corrected chi connectivity index (χ1v) is 8.47. The second-order valence-corrected chi connectivity index (χ2v) is 7.09. The van der Waals surface area contributed by atoms with Gasteiger partial charge in [0.15, 0.2) is 0 Å². The number of benzene rings is 1. The third-order valence-corrected chi connectivity index (χ3v) is 4.99. The zero-order valence-electron chi connectivity index (χ0n) is 10.3. The molecule has 0 unspecified atom stereocenters. The number of hydrogen-bond donors (Lipinski definition) is 2. The van der Waals surface area contributed by atoms with Crippen LogP contribution in [0.5, 0.6) is 0 Å². The summed E-state index contributed by atoms with van der Waals surface area (Å²) in [6.45, 7) is 0. The normalized spacial score (nSPS) is 11.2. The summed E-state index contributed by atoms with van der Waals surface area (Å²) in [5.74, 6) is 0.353. The predicted octanol–water partition coefficient (Wildman–Crippen LogP) is 2.84. The largest absolute Gasteiger partial charge is 0.357 e. The lowest BCUT2D eigenvalue weighted by molar-refractivity contribution is 0.600. The summed E-state index contributed by atoms with van der Waals surface area (Å²) in [6.07, 6.45) is 2.48. The van der Waals surface area contributed by atoms with Crippen molar-refractivity contribution in [3.8, 4) is 0 Å². The zero-order valence-corrected chi connectivity index (χ0v) is 14.3. The minimum atomic E-state index is -3.75. The molecule has 2 N–H and O–H groups in total. The minimum Gasteiger partial charge on any atom is -0.357 e. The Morgan fingerprint density at radius 3 is 2.15 bits per heavy atom. The summed E-state index contributed by atoms with van der Waals surface area (Å²) >= 11 is 6.59. The minimum absolute atomic E-state index is 0.0147. The van der Waals surface area contributed by atoms with Crippen molar-refractivity contribution < 1.29 is 8.42 Å². The molecule has 0 fully saturated rings. The van der Waals surface area contributed by atoms with Gasteiger partial charge in [-0.25, -0.2) is 18.4 Å². The van der Waals surface area contributed by atoms with Crippen molar-refractivity contribution >= 4 is 53.5 Å². The van der Waals surface area contributed by atoms with Gasteiger partial charge in [-0.05, 0) is 44.0 Å². The number of nitrogens with zero attached hydrogens (tertiary/aromatic N) is 2. The smallest absolute Gasteiger partial charge is 0.265 e. The van der Waals surface area contributed by atoms with Crippen LogP contribution in [0, 0.1) is 0 Å². The fourth-order valence-corrected chi connectivity index (χ4v) is 3.82. The number of anilines is 2. The van der Waals surface area contributed by atoms with Crippen molar-refractivity contribution in [2.24, 2.45) is 0 Å². The third kappa shape index (κ3) is 3.28. The van der Waals surface area contributed by atoms with Gasteiger partial charge in [0.05, 0.1) is 18.1 Å². The van der Waals surface area contributed by atoms with E-state index in [2.05, 4.69) is 51.9 Å². The molecule has 0 atom stereocenters. The van der Waals surface area contributed by atoms with E-state index in [1.54, 1.807) is 25.2 Å². The molecule has 0 amide bonds. The van der Waals surface area contributed by atoms with E-state index in [1.165, 1.54) is 12.4 Å². The molecule has 6 nitrogen and oxygen atoms in total. The van der Waals surface area contributed by atoms with Gasteiger partial charge < -0.3 is 5.32 Å². The molecular weight excluding hydrogens is 412 g/mol. The highest BCUT2D eigenvalue weighted by Crippen LogP contribution is 2.32. The summed E-state index contributed by atoms with van der Waals surface area (Å²) in [7, 11) is -2.09. The van der Waals surface area contributed by atoms with Crippen molar-refractivity contribution in [3.05, 3.63) is 39.5 Å². The van der Waals surface area contributed by atoms with Crippen LogP contribution in [-0.4, -0.2) is 25.4 Å². The summed E-state index contributed by atoms with van der Waals surface area (Å²) < 4.78 is 28.2. The van der Waals surface area contributed by atoms with Crippen molar-refractivity contribution in [1.82, 2.24) is 9.97 Å². The van der Waals surface area contributed by atoms with Gasteiger partial charge in [-0.15, -0.1) is 0 Å². The highest BCUT2D eigenvalue weighted by molar-refractivity contribution is 9.11. The Kier molecular flexibility index (Phi) is 4.61. The Morgan fingerprint density at radius 1 is 1.10 bits per heavy atom. The van der Waals surface area contributed by atoms with Crippen LogP contribution in [0.4, 0.5) is 11.6 Å². The molecular formula is C11H10Br2N4O2S. The average molecular weight is 422 g/mol. The van der Waals surface area contributed by atoms with Gasteiger partial charge in [-0.1, -0.05) is 6.07 Å². The Balaban J connectivity index is 2.35. The molecule has 0 saturated heterocycles. The van der Waals surface area contributed by atoms with E-state index in [-0.39, 0.29) is 4.90 Å². The molecule has 1 heterocycles. The maximum absolute atomic E-state index is 12.3. The Bertz CT molecular complexity index is 699. The maximum Gasteiger partial charge on any atom is 0.265 e. The molecule has 0 aliphatic rings. The van der Waals surface area contributed by atoms with Gasteiger partial charge >= 0.3 is 0 Å². The lowest BCUT2D eigenvalue weighted by atomic mass is 10.3. The summed E-state index contributed by atoms with van der Waals surface area (Å²) in [4.78, 5) is 7.76. The van der Waals surface area contributed by atoms with Crippen molar-refractivity contribution in [1.29, 1.82) is 0 Å². The van der Waals surface area contributed by atoms with Gasteiger partial charge in [-0.3, -0.25) is 4.72 Å². The highest BCUT2D eigenvalue weighted by atomic mass is 79.9. The van der Waals surface area contributed by atoms with Gasteiger partial charge in [0, 0.05) is 16.0 Å². The SMILES string of the molecule is CNc1ncc(S(=O)(=O)Nc2c(Br)cccc2Br)cn1. The molecule has 106 valence electrons. The second-order valence-electron chi connectivity index (χ2n) is 3.69. The van der Waals surface area contributed by atoms with E-state index < -0.39 is 10.0 Å². The van der Waals surface area contributed by atoms with Crippen molar-refractivity contribution in [2.75, 3.05) is 17.1 Å². The molecule has 0 aliphatic carbocycles. The number of sulfonamides is 1. The molecule has 2 aromatic rings. The van der Waals surface area contributed by atoms with Crippen LogP contribution in [0.3, 0.4) is 0 Å². The van der Waals surface area contributed by atoms with Crippen LogP contribution in [0.25, 0.3) is 0 Å². The van der Waals surface area contributed by atoms with Crippen LogP contribution >= 0.6 is 31.9 Å². The first kappa shape index (κ1) is 15.2. The van der Waals surface area contributed by atoms with Gasteiger partial charge in [0.2, 0.25) is 5.95 Å². The van der Waals surface area contributed by atoms with E-state index in [0.29, 0.717) is 20.6 Å². The van der Waals surface area contributed by atoms with Crippen LogP contribution in [-0.2, 0) is 10.0 Å². The maximum atomic E-state index is 12.3. The van der Waals surface area contributed by atoms with E-state index in [0.717, 1.165) is 0 Å². The zero-order chi connectivity index (χ0) is 14.8. The molecule has 1 aromatic heterocycles. The van der Waals surface area contributed by atoms with Crippen LogP contribution in [0.2, 0.25) is 0 Å². The van der Waals surface area contributed by atoms with E-state index in [1.807, 2.05) is 0 Å². The van der Waals surface area contributed by atoms with Gasteiger partial charge in [0.1, 0.15) is 4.90 Å². The van der Waals surface area contributed by atoms with Crippen LogP contribution in [0.1, 0.15) is 0 Å². The molecule has 9 heteroatoms. The molecule has 1 aromatic carbocycles. The first-order chi connectivity index (χ1) is 9.44. The molecule has 20 heavy (non-hydrogen) atoms. The van der Waals surface area contributed by atoms with Crippen molar-refractivity contribution in [3.63, 3.8) is 0 Å². The molecule has 0 aliphatic heterocycles. The summed E-state index contributed by atoms with van der Waals surface area (Å²) in [5.41, 5.74) is 0.421. The fourth-order valence-electron chi connectivity index (χ4n) is 1.37. The third-order valence-electron chi connectivity index (χ3n) is 2.36. The number of aromatic nitrogens is 2. The first-order valence-electron chi connectivity index (χ1n) is 5.40. The predicted molar refractivity (Wildman–Crippen MR) is 84.2 cm³/mol. The summed E-state index contributed by atoms with van der Waals surface area (Å²) in [5, 5.41) is 2.72. The Hall–Kier alpha value is -1.19. The molecule has 0 radical (unpaired) electrons. The standard InChI is InChI=1S/C11H10Br2N4O2S/c1-14-11-15-5-7(6-16-11)20(18,19)17-10-8(12)3-2-4-9(10)13/h2-6,17H,1H3,(H,14,15,16). The van der Waals surface area contributed by atoms with Crippen LogP contribution in [0.15, 0.2) is 44.4 Å². The van der Waals surface area contributed by atoms with Gasteiger partial charge in [-0.2, -0.15) is 0 Å². The lowest BCUT2D eigenvalue weighted by Gasteiger charge is -2.11. The number of rotatable bonds is 4. The molecule has 2 rings (SSSR count). The molecule has 0 spiro atoms. The van der Waals surface area contributed by atoms with Gasteiger partial charge in [0.25, 0.3) is 10.0 Å². The Labute approximate surface area is 133 Å². The lowest BCUT2D eigenvalue weighted by Crippen LogP contribution is -2.14. The number of para-hydroxylation sites is 1. The highest BCUT2D eigenvalue weighted by Gasteiger charge is 2.18. The van der Waals surface area contributed by atoms with E-state index in [9.17, 15) is 8.42 Å². The number of halogens is 2. The second kappa shape index (κ2) is 6.06. The molecule has 0 bridgehead atoms. The average Bonchev–Trinajstić information content (AvgIpc) is 2.43. The molecule has 0 saturated carbocycles. The van der Waals surface area contributed by atoms with E-state index >= 15 is 0 Å². The Morgan fingerprint density at radius 2 is 1.65 bits per heavy atom. The topological polar surface area (TPSA) is 84.0 Å². The summed E-state index contributed by atoms with van der Waals surface area (Å²) in [6, 6.07) is 5.27. The fraction of sp³-hybridized carbons (Fsp3) is 0.0909. The number of nitrogens with one attached hydrogen (secondary N) is 2.